The standard InChI is InChI=1S/C17H22N2O2/c1-3-12(4-2)19-17(20)11-21-16-10-9-15(18)13-7-5-6-8-14(13)16/h5-10,12H,3-4,11,18H2,1-2H3,(H,19,20). The van der Waals surface area contributed by atoms with E-state index in [1.54, 1.807) is 6.07 Å². The Morgan fingerprint density at radius 3 is 2.48 bits per heavy atom. The van der Waals surface area contributed by atoms with Gasteiger partial charge < -0.3 is 15.8 Å². The summed E-state index contributed by atoms with van der Waals surface area (Å²) in [5, 5.41) is 4.82. The van der Waals surface area contributed by atoms with Gasteiger partial charge in [0.05, 0.1) is 0 Å². The molecule has 2 aromatic carbocycles. The number of hydrogen-bond donors (Lipinski definition) is 2. The zero-order valence-electron chi connectivity index (χ0n) is 12.6. The number of hydrogen-bond acceptors (Lipinski definition) is 3. The second-order valence-electron chi connectivity index (χ2n) is 5.07. The van der Waals surface area contributed by atoms with Crippen molar-refractivity contribution in [2.75, 3.05) is 12.3 Å². The van der Waals surface area contributed by atoms with Crippen LogP contribution in [-0.4, -0.2) is 18.6 Å². The first-order chi connectivity index (χ1) is 10.2. The predicted octanol–water partition coefficient (Wildman–Crippen LogP) is 3.11. The fraction of sp³-hybridized carbons (Fsp3) is 0.353. The van der Waals surface area contributed by atoms with E-state index in [-0.39, 0.29) is 18.6 Å². The molecule has 0 aromatic heterocycles. The monoisotopic (exact) mass is 286 g/mol. The quantitative estimate of drug-likeness (QED) is 0.802. The number of nitrogen functional groups attached to an aromatic ring is 1. The second kappa shape index (κ2) is 6.97. The normalized spacial score (nSPS) is 10.8. The summed E-state index contributed by atoms with van der Waals surface area (Å²) < 4.78 is 5.66. The number of benzene rings is 2. The number of nitrogens with two attached hydrogens (primary N) is 1. The molecule has 112 valence electrons. The Kier molecular flexibility index (Phi) is 5.04. The number of fused-ring (bicyclic) bond motifs is 1. The Labute approximate surface area is 125 Å². The Morgan fingerprint density at radius 1 is 1.14 bits per heavy atom. The maximum absolute atomic E-state index is 11.9. The molecule has 4 nitrogen and oxygen atoms in total. The summed E-state index contributed by atoms with van der Waals surface area (Å²) in [4.78, 5) is 11.9. The zero-order valence-corrected chi connectivity index (χ0v) is 12.6. The van der Waals surface area contributed by atoms with Crippen LogP contribution in [0.4, 0.5) is 5.69 Å². The van der Waals surface area contributed by atoms with Gasteiger partial charge in [-0.1, -0.05) is 38.1 Å². The molecule has 0 fully saturated rings. The van der Waals surface area contributed by atoms with Gasteiger partial charge in [-0.3, -0.25) is 4.79 Å². The fourth-order valence-electron chi connectivity index (χ4n) is 2.33. The third-order valence-electron chi connectivity index (χ3n) is 3.63. The number of anilines is 1. The molecule has 3 N–H and O–H groups in total. The molecule has 0 unspecified atom stereocenters. The van der Waals surface area contributed by atoms with Gasteiger partial charge >= 0.3 is 0 Å². The van der Waals surface area contributed by atoms with E-state index in [0.717, 1.165) is 23.6 Å². The molecule has 0 saturated carbocycles. The lowest BCUT2D eigenvalue weighted by molar-refractivity contribution is -0.123. The maximum Gasteiger partial charge on any atom is 0.258 e. The van der Waals surface area contributed by atoms with Crippen LogP contribution in [0.2, 0.25) is 0 Å². The van der Waals surface area contributed by atoms with Gasteiger partial charge in [-0.2, -0.15) is 0 Å². The molecular formula is C17H22N2O2. The first-order valence-corrected chi connectivity index (χ1v) is 7.35. The van der Waals surface area contributed by atoms with Crippen LogP contribution in [0.1, 0.15) is 26.7 Å². The van der Waals surface area contributed by atoms with Gasteiger partial charge in [0.25, 0.3) is 5.91 Å². The van der Waals surface area contributed by atoms with Crippen molar-refractivity contribution in [3.05, 3.63) is 36.4 Å². The number of carbonyl (C=O) groups is 1. The Balaban J connectivity index is 2.07. The van der Waals surface area contributed by atoms with Crippen LogP contribution in [0.15, 0.2) is 36.4 Å². The number of ether oxygens (including phenoxy) is 1. The lowest BCUT2D eigenvalue weighted by Gasteiger charge is -2.15. The minimum absolute atomic E-state index is 0.0183. The molecule has 2 aromatic rings. The van der Waals surface area contributed by atoms with Gasteiger partial charge in [-0.25, -0.2) is 0 Å². The molecule has 0 aliphatic heterocycles. The highest BCUT2D eigenvalue weighted by Gasteiger charge is 2.10. The summed E-state index contributed by atoms with van der Waals surface area (Å²) >= 11 is 0. The van der Waals surface area contributed by atoms with Crippen molar-refractivity contribution in [1.82, 2.24) is 5.32 Å². The largest absolute Gasteiger partial charge is 0.483 e. The average molecular weight is 286 g/mol. The van der Waals surface area contributed by atoms with Crippen LogP contribution in [0, 0.1) is 0 Å². The number of carbonyl (C=O) groups excluding carboxylic acids is 1. The molecule has 4 heteroatoms. The van der Waals surface area contributed by atoms with Crippen molar-refractivity contribution < 1.29 is 9.53 Å². The predicted molar refractivity (Wildman–Crippen MR) is 86.4 cm³/mol. The number of amides is 1. The summed E-state index contributed by atoms with van der Waals surface area (Å²) in [6.45, 7) is 4.13. The van der Waals surface area contributed by atoms with E-state index in [0.29, 0.717) is 11.4 Å². The molecule has 1 amide bonds. The summed E-state index contributed by atoms with van der Waals surface area (Å²) in [6.07, 6.45) is 1.85. The van der Waals surface area contributed by atoms with Crippen LogP contribution in [0.3, 0.4) is 0 Å². The molecule has 0 saturated heterocycles. The van der Waals surface area contributed by atoms with Crippen molar-refractivity contribution >= 4 is 22.4 Å². The first-order valence-electron chi connectivity index (χ1n) is 7.35. The van der Waals surface area contributed by atoms with Crippen LogP contribution >= 0.6 is 0 Å². The van der Waals surface area contributed by atoms with E-state index in [4.69, 9.17) is 10.5 Å². The smallest absolute Gasteiger partial charge is 0.258 e. The summed E-state index contributed by atoms with van der Waals surface area (Å²) in [5.41, 5.74) is 6.66. The van der Waals surface area contributed by atoms with E-state index in [1.807, 2.05) is 30.3 Å². The van der Waals surface area contributed by atoms with Gasteiger partial charge in [0.1, 0.15) is 5.75 Å². The number of rotatable bonds is 6. The Morgan fingerprint density at radius 2 is 1.81 bits per heavy atom. The van der Waals surface area contributed by atoms with E-state index in [1.165, 1.54) is 0 Å². The SMILES string of the molecule is CCC(CC)NC(=O)COc1ccc(N)c2ccccc12. The molecule has 0 radical (unpaired) electrons. The fourth-order valence-corrected chi connectivity index (χ4v) is 2.33. The average Bonchev–Trinajstić information content (AvgIpc) is 2.52. The van der Waals surface area contributed by atoms with Crippen LogP contribution in [0.25, 0.3) is 10.8 Å². The van der Waals surface area contributed by atoms with Crippen molar-refractivity contribution in [2.24, 2.45) is 0 Å². The van der Waals surface area contributed by atoms with E-state index < -0.39 is 0 Å². The molecule has 0 aliphatic carbocycles. The summed E-state index contributed by atoms with van der Waals surface area (Å²) in [6, 6.07) is 11.6. The molecule has 0 bridgehead atoms. The maximum atomic E-state index is 11.9. The number of nitrogens with one attached hydrogen (secondary N) is 1. The van der Waals surface area contributed by atoms with Gasteiger partial charge in [0, 0.05) is 22.5 Å². The van der Waals surface area contributed by atoms with Gasteiger partial charge in [0.15, 0.2) is 6.61 Å². The van der Waals surface area contributed by atoms with E-state index in [9.17, 15) is 4.79 Å². The van der Waals surface area contributed by atoms with Crippen molar-refractivity contribution in [3.8, 4) is 5.75 Å². The van der Waals surface area contributed by atoms with Gasteiger partial charge in [0.2, 0.25) is 0 Å². The Hall–Kier alpha value is -2.23. The molecule has 0 atom stereocenters. The van der Waals surface area contributed by atoms with Crippen LogP contribution < -0.4 is 15.8 Å². The molecule has 21 heavy (non-hydrogen) atoms. The summed E-state index contributed by atoms with van der Waals surface area (Å²) in [7, 11) is 0. The van der Waals surface area contributed by atoms with Crippen LogP contribution in [0.5, 0.6) is 5.75 Å². The minimum atomic E-state index is -0.0930. The highest BCUT2D eigenvalue weighted by molar-refractivity contribution is 5.97. The second-order valence-corrected chi connectivity index (χ2v) is 5.07. The molecular weight excluding hydrogens is 264 g/mol. The molecule has 0 aliphatic rings. The zero-order chi connectivity index (χ0) is 15.2. The van der Waals surface area contributed by atoms with Crippen molar-refractivity contribution in [2.45, 2.75) is 32.7 Å². The highest BCUT2D eigenvalue weighted by atomic mass is 16.5. The molecule has 0 heterocycles. The van der Waals surface area contributed by atoms with Crippen molar-refractivity contribution in [3.63, 3.8) is 0 Å². The first kappa shape index (κ1) is 15.2. The summed E-state index contributed by atoms with van der Waals surface area (Å²) in [5.74, 6) is 0.587. The molecule has 2 rings (SSSR count). The lowest BCUT2D eigenvalue weighted by atomic mass is 10.1. The molecule has 0 spiro atoms. The third-order valence-corrected chi connectivity index (χ3v) is 3.63. The minimum Gasteiger partial charge on any atom is -0.483 e. The van der Waals surface area contributed by atoms with Gasteiger partial charge in [-0.15, -0.1) is 0 Å². The van der Waals surface area contributed by atoms with E-state index in [2.05, 4.69) is 19.2 Å². The highest BCUT2D eigenvalue weighted by Crippen LogP contribution is 2.29. The van der Waals surface area contributed by atoms with Crippen molar-refractivity contribution in [1.29, 1.82) is 0 Å². The van der Waals surface area contributed by atoms with Crippen LogP contribution in [-0.2, 0) is 4.79 Å². The van der Waals surface area contributed by atoms with Gasteiger partial charge in [-0.05, 0) is 25.0 Å². The topological polar surface area (TPSA) is 64.3 Å². The van der Waals surface area contributed by atoms with E-state index >= 15 is 0 Å². The lowest BCUT2D eigenvalue weighted by Crippen LogP contribution is -2.37. The third kappa shape index (κ3) is 3.66. The Bertz CT molecular complexity index is 621.